The topological polar surface area (TPSA) is 54.5 Å². The number of pyridine rings is 1. The summed E-state index contributed by atoms with van der Waals surface area (Å²) in [6, 6.07) is 1.73. The molecule has 0 aliphatic carbocycles. The zero-order valence-electron chi connectivity index (χ0n) is 9.27. The summed E-state index contributed by atoms with van der Waals surface area (Å²) in [5.41, 5.74) is 1.77. The Morgan fingerprint density at radius 2 is 2.25 bits per heavy atom. The molecule has 1 aromatic rings. The number of morpholine rings is 1. The van der Waals surface area contributed by atoms with Crippen LogP contribution in [0.15, 0.2) is 18.5 Å². The molecule has 0 bridgehead atoms. The van der Waals surface area contributed by atoms with Crippen LogP contribution in [-0.2, 0) is 4.74 Å². The van der Waals surface area contributed by atoms with Gasteiger partial charge < -0.3 is 15.0 Å². The fourth-order valence-corrected chi connectivity index (χ4v) is 1.57. The van der Waals surface area contributed by atoms with Crippen LogP contribution >= 0.6 is 0 Å². The van der Waals surface area contributed by atoms with Gasteiger partial charge in [0.25, 0.3) is 0 Å². The lowest BCUT2D eigenvalue weighted by Crippen LogP contribution is -2.43. The molecule has 86 valence electrons. The molecule has 0 spiro atoms. The first-order valence-electron chi connectivity index (χ1n) is 5.31. The highest BCUT2D eigenvalue weighted by Gasteiger charge is 2.16. The van der Waals surface area contributed by atoms with Crippen LogP contribution in [-0.4, -0.2) is 42.2 Å². The molecule has 1 fully saturated rings. The first kappa shape index (κ1) is 10.9. The average Bonchev–Trinajstić information content (AvgIpc) is 2.33. The minimum atomic E-state index is -0.0717. The van der Waals surface area contributed by atoms with Gasteiger partial charge in [-0.3, -0.25) is 4.98 Å². The van der Waals surface area contributed by atoms with E-state index in [1.165, 1.54) is 0 Å². The number of ether oxygens (including phenoxy) is 1. The number of carbonyl (C=O) groups excluding carboxylic acids is 1. The molecule has 16 heavy (non-hydrogen) atoms. The Hall–Kier alpha value is -1.62. The van der Waals surface area contributed by atoms with Gasteiger partial charge in [-0.1, -0.05) is 0 Å². The van der Waals surface area contributed by atoms with Crippen molar-refractivity contribution in [2.45, 2.75) is 6.92 Å². The largest absolute Gasteiger partial charge is 0.378 e. The molecule has 1 aliphatic heterocycles. The summed E-state index contributed by atoms with van der Waals surface area (Å²) in [5.74, 6) is 0. The van der Waals surface area contributed by atoms with Crippen molar-refractivity contribution in [3.63, 3.8) is 0 Å². The summed E-state index contributed by atoms with van der Waals surface area (Å²) < 4.78 is 5.19. The van der Waals surface area contributed by atoms with Crippen molar-refractivity contribution >= 4 is 11.7 Å². The Bertz CT molecular complexity index is 375. The molecular weight excluding hydrogens is 206 g/mol. The van der Waals surface area contributed by atoms with E-state index in [9.17, 15) is 4.79 Å². The number of rotatable bonds is 1. The number of aryl methyl sites for hydroxylation is 1. The van der Waals surface area contributed by atoms with E-state index < -0.39 is 0 Å². The maximum atomic E-state index is 11.9. The SMILES string of the molecule is Cc1cnccc1NC(=O)N1CCOCC1. The van der Waals surface area contributed by atoms with E-state index in [4.69, 9.17) is 4.74 Å². The Morgan fingerprint density at radius 1 is 1.50 bits per heavy atom. The first-order valence-corrected chi connectivity index (χ1v) is 5.31. The third kappa shape index (κ3) is 2.49. The van der Waals surface area contributed by atoms with Gasteiger partial charge in [-0.2, -0.15) is 0 Å². The zero-order chi connectivity index (χ0) is 11.4. The van der Waals surface area contributed by atoms with Crippen LogP contribution < -0.4 is 5.32 Å². The number of urea groups is 1. The predicted octanol–water partition coefficient (Wildman–Crippen LogP) is 1.25. The summed E-state index contributed by atoms with van der Waals surface area (Å²) in [4.78, 5) is 17.6. The highest BCUT2D eigenvalue weighted by Crippen LogP contribution is 2.12. The van der Waals surface area contributed by atoms with Crippen molar-refractivity contribution in [3.05, 3.63) is 24.0 Å². The lowest BCUT2D eigenvalue weighted by molar-refractivity contribution is 0.0564. The van der Waals surface area contributed by atoms with E-state index in [1.807, 2.05) is 6.92 Å². The number of carbonyl (C=O) groups is 1. The van der Waals surface area contributed by atoms with Crippen LogP contribution in [0.25, 0.3) is 0 Å². The number of hydrogen-bond acceptors (Lipinski definition) is 3. The molecule has 2 rings (SSSR count). The highest BCUT2D eigenvalue weighted by atomic mass is 16.5. The van der Waals surface area contributed by atoms with Crippen LogP contribution in [0.1, 0.15) is 5.56 Å². The van der Waals surface area contributed by atoms with E-state index in [1.54, 1.807) is 23.4 Å². The van der Waals surface area contributed by atoms with E-state index in [0.717, 1.165) is 11.3 Å². The second-order valence-electron chi connectivity index (χ2n) is 3.72. The van der Waals surface area contributed by atoms with E-state index >= 15 is 0 Å². The average molecular weight is 221 g/mol. The van der Waals surface area contributed by atoms with Crippen molar-refractivity contribution in [1.29, 1.82) is 0 Å². The second-order valence-corrected chi connectivity index (χ2v) is 3.72. The summed E-state index contributed by atoms with van der Waals surface area (Å²) in [6.45, 7) is 4.44. The standard InChI is InChI=1S/C11H15N3O2/c1-9-8-12-3-2-10(9)13-11(15)14-4-6-16-7-5-14/h2-3,8H,4-7H2,1H3,(H,12,13,15). The number of hydrogen-bond donors (Lipinski definition) is 1. The lowest BCUT2D eigenvalue weighted by Gasteiger charge is -2.27. The van der Waals surface area contributed by atoms with Crippen molar-refractivity contribution in [2.75, 3.05) is 31.6 Å². The van der Waals surface area contributed by atoms with Gasteiger partial charge >= 0.3 is 6.03 Å². The van der Waals surface area contributed by atoms with Gasteiger partial charge in [0.1, 0.15) is 0 Å². The molecule has 0 radical (unpaired) electrons. The van der Waals surface area contributed by atoms with Crippen LogP contribution in [0.2, 0.25) is 0 Å². The molecule has 1 saturated heterocycles. The first-order chi connectivity index (χ1) is 7.77. The Kier molecular flexibility index (Phi) is 3.36. The molecule has 2 heterocycles. The Labute approximate surface area is 94.4 Å². The molecular formula is C11H15N3O2. The number of nitrogens with one attached hydrogen (secondary N) is 1. The Morgan fingerprint density at radius 3 is 2.94 bits per heavy atom. The zero-order valence-corrected chi connectivity index (χ0v) is 9.27. The minimum absolute atomic E-state index is 0.0717. The van der Waals surface area contributed by atoms with Crippen molar-refractivity contribution in [2.24, 2.45) is 0 Å². The maximum absolute atomic E-state index is 11.9. The van der Waals surface area contributed by atoms with Gasteiger partial charge in [0.2, 0.25) is 0 Å². The van der Waals surface area contributed by atoms with Crippen LogP contribution in [0.4, 0.5) is 10.5 Å². The normalized spacial score (nSPS) is 15.9. The number of anilines is 1. The van der Waals surface area contributed by atoms with Crippen molar-refractivity contribution < 1.29 is 9.53 Å². The molecule has 1 aromatic heterocycles. The van der Waals surface area contributed by atoms with E-state index in [-0.39, 0.29) is 6.03 Å². The smallest absolute Gasteiger partial charge is 0.322 e. The Balaban J connectivity index is 1.99. The summed E-state index contributed by atoms with van der Waals surface area (Å²) in [7, 11) is 0. The third-order valence-electron chi connectivity index (χ3n) is 2.56. The monoisotopic (exact) mass is 221 g/mol. The van der Waals surface area contributed by atoms with Crippen LogP contribution in [0.5, 0.6) is 0 Å². The predicted molar refractivity (Wildman–Crippen MR) is 60.4 cm³/mol. The van der Waals surface area contributed by atoms with Gasteiger partial charge in [-0.15, -0.1) is 0 Å². The fourth-order valence-electron chi connectivity index (χ4n) is 1.57. The van der Waals surface area contributed by atoms with Crippen molar-refractivity contribution in [3.8, 4) is 0 Å². The van der Waals surface area contributed by atoms with Crippen LogP contribution in [0.3, 0.4) is 0 Å². The molecule has 2 amide bonds. The quantitative estimate of drug-likeness (QED) is 0.776. The van der Waals surface area contributed by atoms with Gasteiger partial charge in [0, 0.05) is 31.2 Å². The molecule has 1 N–H and O–H groups in total. The fraction of sp³-hybridized carbons (Fsp3) is 0.455. The van der Waals surface area contributed by atoms with Crippen molar-refractivity contribution in [1.82, 2.24) is 9.88 Å². The number of amides is 2. The summed E-state index contributed by atoms with van der Waals surface area (Å²) in [6.07, 6.45) is 3.40. The molecule has 0 atom stereocenters. The molecule has 5 nitrogen and oxygen atoms in total. The number of nitrogens with zero attached hydrogens (tertiary/aromatic N) is 2. The lowest BCUT2D eigenvalue weighted by atomic mass is 10.2. The summed E-state index contributed by atoms with van der Waals surface area (Å²) >= 11 is 0. The van der Waals surface area contributed by atoms with Gasteiger partial charge in [-0.25, -0.2) is 4.79 Å². The highest BCUT2D eigenvalue weighted by molar-refractivity contribution is 5.90. The molecule has 1 aliphatic rings. The van der Waals surface area contributed by atoms with E-state index in [0.29, 0.717) is 26.3 Å². The van der Waals surface area contributed by atoms with Gasteiger partial charge in [-0.05, 0) is 18.6 Å². The molecule has 0 saturated carbocycles. The second kappa shape index (κ2) is 4.94. The van der Waals surface area contributed by atoms with Crippen LogP contribution in [0, 0.1) is 6.92 Å². The molecule has 0 aromatic carbocycles. The number of aromatic nitrogens is 1. The maximum Gasteiger partial charge on any atom is 0.322 e. The van der Waals surface area contributed by atoms with Gasteiger partial charge in [0.15, 0.2) is 0 Å². The van der Waals surface area contributed by atoms with Gasteiger partial charge in [0.05, 0.1) is 13.2 Å². The molecule has 5 heteroatoms. The summed E-state index contributed by atoms with van der Waals surface area (Å²) in [5, 5.41) is 2.87. The molecule has 0 unspecified atom stereocenters. The third-order valence-corrected chi connectivity index (χ3v) is 2.56. The minimum Gasteiger partial charge on any atom is -0.378 e. The van der Waals surface area contributed by atoms with E-state index in [2.05, 4.69) is 10.3 Å².